The fourth-order valence-corrected chi connectivity index (χ4v) is 2.10. The number of aliphatic hydroxyl groups excluding tert-OH is 1. The van der Waals surface area contributed by atoms with Crippen LogP contribution in [0.2, 0.25) is 0 Å². The Morgan fingerprint density at radius 2 is 2.06 bits per heavy atom. The largest absolute Gasteiger partial charge is 0.393 e. The zero-order chi connectivity index (χ0) is 11.7. The lowest BCUT2D eigenvalue weighted by Crippen LogP contribution is -2.43. The Morgan fingerprint density at radius 1 is 1.38 bits per heavy atom. The Labute approximate surface area is 101 Å². The first-order valence-electron chi connectivity index (χ1n) is 5.11. The molecule has 0 radical (unpaired) electrons. The molecule has 2 rings (SSSR count). The summed E-state index contributed by atoms with van der Waals surface area (Å²) in [4.78, 5) is 0. The van der Waals surface area contributed by atoms with Crippen LogP contribution >= 0.6 is 15.9 Å². The van der Waals surface area contributed by atoms with E-state index in [1.165, 1.54) is 12.1 Å². The molecule has 1 aliphatic rings. The van der Waals surface area contributed by atoms with Crippen LogP contribution in [0.1, 0.15) is 18.4 Å². The highest BCUT2D eigenvalue weighted by Gasteiger charge is 2.27. The smallest absolute Gasteiger partial charge is 0.144 e. The van der Waals surface area contributed by atoms with Crippen LogP contribution in [-0.2, 0) is 6.54 Å². The fourth-order valence-electron chi connectivity index (χ4n) is 1.73. The van der Waals surface area contributed by atoms with Gasteiger partial charge >= 0.3 is 0 Å². The van der Waals surface area contributed by atoms with Crippen LogP contribution in [0.3, 0.4) is 0 Å². The lowest BCUT2D eigenvalue weighted by atomic mass is 9.89. The summed E-state index contributed by atoms with van der Waals surface area (Å²) in [6, 6.07) is 2.74. The molecule has 2 nitrogen and oxygen atoms in total. The van der Waals surface area contributed by atoms with Gasteiger partial charge in [-0.3, -0.25) is 0 Å². The van der Waals surface area contributed by atoms with E-state index < -0.39 is 11.6 Å². The normalized spacial score (nSPS) is 24.2. The summed E-state index contributed by atoms with van der Waals surface area (Å²) in [6.07, 6.45) is 1.03. The van der Waals surface area contributed by atoms with Crippen LogP contribution in [0.15, 0.2) is 16.6 Å². The van der Waals surface area contributed by atoms with Gasteiger partial charge in [0.2, 0.25) is 0 Å². The average Bonchev–Trinajstić information content (AvgIpc) is 2.21. The minimum atomic E-state index is -0.563. The predicted molar refractivity (Wildman–Crippen MR) is 59.9 cm³/mol. The molecule has 88 valence electrons. The quantitative estimate of drug-likeness (QED) is 0.838. The molecule has 1 aromatic rings. The molecule has 0 spiro atoms. The first kappa shape index (κ1) is 12.0. The van der Waals surface area contributed by atoms with E-state index in [4.69, 9.17) is 5.11 Å². The van der Waals surface area contributed by atoms with E-state index >= 15 is 0 Å². The van der Waals surface area contributed by atoms with Crippen molar-refractivity contribution < 1.29 is 13.9 Å². The Hall–Kier alpha value is -0.520. The number of halogens is 3. The lowest BCUT2D eigenvalue weighted by molar-refractivity contribution is 0.0617. The van der Waals surface area contributed by atoms with Gasteiger partial charge in [-0.15, -0.1) is 0 Å². The summed E-state index contributed by atoms with van der Waals surface area (Å²) >= 11 is 3.02. The number of rotatable bonds is 3. The second-order valence-electron chi connectivity index (χ2n) is 4.02. The Balaban J connectivity index is 2.01. The van der Waals surface area contributed by atoms with E-state index in [0.717, 1.165) is 0 Å². The maximum Gasteiger partial charge on any atom is 0.144 e. The van der Waals surface area contributed by atoms with Crippen molar-refractivity contribution in [2.75, 3.05) is 0 Å². The van der Waals surface area contributed by atoms with Crippen LogP contribution in [0, 0.1) is 11.6 Å². The second kappa shape index (κ2) is 4.77. The molecule has 0 aliphatic heterocycles. The maximum atomic E-state index is 13.5. The Kier molecular flexibility index (Phi) is 3.56. The summed E-state index contributed by atoms with van der Waals surface area (Å²) in [6.45, 7) is 0.147. The number of nitrogens with one attached hydrogen (secondary N) is 1. The molecule has 0 aromatic heterocycles. The summed E-state index contributed by atoms with van der Waals surface area (Å²) in [5.41, 5.74) is 0.0377. The van der Waals surface area contributed by atoms with E-state index in [0.29, 0.717) is 12.8 Å². The maximum absolute atomic E-state index is 13.5. The van der Waals surface area contributed by atoms with E-state index in [2.05, 4.69) is 21.2 Å². The van der Waals surface area contributed by atoms with Crippen molar-refractivity contribution in [2.24, 2.45) is 0 Å². The summed E-state index contributed by atoms with van der Waals surface area (Å²) in [7, 11) is 0. The molecule has 0 saturated heterocycles. The first-order chi connectivity index (χ1) is 7.58. The molecule has 0 heterocycles. The van der Waals surface area contributed by atoms with E-state index in [9.17, 15) is 8.78 Å². The molecule has 5 heteroatoms. The zero-order valence-corrected chi connectivity index (χ0v) is 10.1. The summed E-state index contributed by atoms with van der Waals surface area (Å²) < 4.78 is 27.1. The third kappa shape index (κ3) is 2.42. The minimum absolute atomic E-state index is 0.0377. The lowest BCUT2D eigenvalue weighted by Gasteiger charge is -2.32. The van der Waals surface area contributed by atoms with Crippen LogP contribution in [-0.4, -0.2) is 17.3 Å². The molecule has 0 bridgehead atoms. The van der Waals surface area contributed by atoms with Crippen molar-refractivity contribution in [3.05, 3.63) is 33.8 Å². The van der Waals surface area contributed by atoms with Crippen molar-refractivity contribution in [2.45, 2.75) is 31.5 Å². The second-order valence-corrected chi connectivity index (χ2v) is 4.88. The van der Waals surface area contributed by atoms with Gasteiger partial charge < -0.3 is 10.4 Å². The molecular weight excluding hydrogens is 280 g/mol. The van der Waals surface area contributed by atoms with Crippen LogP contribution in [0.5, 0.6) is 0 Å². The van der Waals surface area contributed by atoms with Crippen molar-refractivity contribution >= 4 is 15.9 Å². The number of aliphatic hydroxyl groups is 1. The molecule has 1 saturated carbocycles. The van der Waals surface area contributed by atoms with Crippen LogP contribution < -0.4 is 5.32 Å². The SMILES string of the molecule is OC1CC(NCc2c(F)ccc(Br)c2F)C1. The van der Waals surface area contributed by atoms with Gasteiger partial charge in [-0.1, -0.05) is 0 Å². The monoisotopic (exact) mass is 291 g/mol. The average molecular weight is 292 g/mol. The van der Waals surface area contributed by atoms with Crippen molar-refractivity contribution in [1.29, 1.82) is 0 Å². The molecule has 1 fully saturated rings. The van der Waals surface area contributed by atoms with Crippen molar-refractivity contribution in [3.8, 4) is 0 Å². The van der Waals surface area contributed by atoms with Gasteiger partial charge in [0.05, 0.1) is 10.6 Å². The van der Waals surface area contributed by atoms with E-state index in [-0.39, 0.29) is 28.7 Å². The topological polar surface area (TPSA) is 32.3 Å². The highest BCUT2D eigenvalue weighted by atomic mass is 79.9. The standard InChI is InChI=1S/C11H12BrF2NO/c12-9-1-2-10(13)8(11(9)14)5-15-6-3-7(16)4-6/h1-2,6-7,15-16H,3-5H2. The van der Waals surface area contributed by atoms with Gasteiger partial charge in [0.15, 0.2) is 0 Å². The fraction of sp³-hybridized carbons (Fsp3) is 0.455. The molecule has 1 aromatic carbocycles. The molecular formula is C11H12BrF2NO. The zero-order valence-electron chi connectivity index (χ0n) is 8.51. The minimum Gasteiger partial charge on any atom is -0.393 e. The summed E-state index contributed by atoms with van der Waals surface area (Å²) in [5, 5.41) is 12.1. The highest BCUT2D eigenvalue weighted by Crippen LogP contribution is 2.23. The van der Waals surface area contributed by atoms with Crippen LogP contribution in [0.25, 0.3) is 0 Å². The summed E-state index contributed by atoms with van der Waals surface area (Å²) in [5.74, 6) is -1.11. The van der Waals surface area contributed by atoms with E-state index in [1.807, 2.05) is 0 Å². The Bertz CT molecular complexity index is 394. The van der Waals surface area contributed by atoms with Gasteiger partial charge in [-0.2, -0.15) is 0 Å². The molecule has 16 heavy (non-hydrogen) atoms. The highest BCUT2D eigenvalue weighted by molar-refractivity contribution is 9.10. The van der Waals surface area contributed by atoms with Crippen molar-refractivity contribution in [1.82, 2.24) is 5.32 Å². The predicted octanol–water partition coefficient (Wildman–Crippen LogP) is 2.34. The van der Waals surface area contributed by atoms with Gasteiger partial charge in [0, 0.05) is 18.2 Å². The number of benzene rings is 1. The van der Waals surface area contributed by atoms with Gasteiger partial charge in [0.1, 0.15) is 11.6 Å². The van der Waals surface area contributed by atoms with Gasteiger partial charge in [-0.05, 0) is 40.9 Å². The molecule has 2 N–H and O–H groups in total. The molecule has 0 atom stereocenters. The van der Waals surface area contributed by atoms with Crippen molar-refractivity contribution in [3.63, 3.8) is 0 Å². The third-order valence-corrected chi connectivity index (χ3v) is 3.43. The molecule has 0 amide bonds. The van der Waals surface area contributed by atoms with Gasteiger partial charge in [0.25, 0.3) is 0 Å². The molecule has 0 unspecified atom stereocenters. The van der Waals surface area contributed by atoms with Crippen LogP contribution in [0.4, 0.5) is 8.78 Å². The van der Waals surface area contributed by atoms with E-state index in [1.54, 1.807) is 0 Å². The number of hydrogen-bond donors (Lipinski definition) is 2. The Morgan fingerprint density at radius 3 is 2.69 bits per heavy atom. The molecule has 1 aliphatic carbocycles. The first-order valence-corrected chi connectivity index (χ1v) is 5.91. The third-order valence-electron chi connectivity index (χ3n) is 2.82. The number of hydrogen-bond acceptors (Lipinski definition) is 2. The van der Waals surface area contributed by atoms with Gasteiger partial charge in [-0.25, -0.2) is 8.78 Å².